The van der Waals surface area contributed by atoms with Crippen molar-refractivity contribution >= 4 is 17.9 Å². The van der Waals surface area contributed by atoms with Gasteiger partial charge in [-0.2, -0.15) is 0 Å². The SMILES string of the molecule is CC/C=C\C/C=C\C/C=C\C/C=C\C/C=C\C/C=C\C/C=C\CCCCCCCCCCCCCCCC(=O)OCC(COC(=O)CCCCCCC)OC(=O)CCCCCCCCCCCCCCCCCCCCCCCCCC. The minimum atomic E-state index is -0.770. The highest BCUT2D eigenvalue weighted by Gasteiger charge is 2.19. The first-order chi connectivity index (χ1) is 40.5. The average Bonchev–Trinajstić information content (AvgIpc) is 3.48. The molecule has 0 heterocycles. The molecule has 82 heavy (non-hydrogen) atoms. The fourth-order valence-corrected chi connectivity index (χ4v) is 10.4. The number of unbranched alkanes of at least 4 members (excludes halogenated alkanes) is 40. The summed E-state index contributed by atoms with van der Waals surface area (Å²) in [5, 5.41) is 0. The third kappa shape index (κ3) is 67.4. The maximum Gasteiger partial charge on any atom is 0.306 e. The van der Waals surface area contributed by atoms with Gasteiger partial charge in [0, 0.05) is 19.3 Å². The normalized spacial score (nSPS) is 12.6. The van der Waals surface area contributed by atoms with E-state index in [1.807, 2.05) is 0 Å². The van der Waals surface area contributed by atoms with E-state index in [-0.39, 0.29) is 31.1 Å². The zero-order valence-corrected chi connectivity index (χ0v) is 54.5. The van der Waals surface area contributed by atoms with Crippen LogP contribution in [0.3, 0.4) is 0 Å². The smallest absolute Gasteiger partial charge is 0.306 e. The Morgan fingerprint density at radius 2 is 0.476 bits per heavy atom. The third-order valence-electron chi connectivity index (χ3n) is 15.7. The highest BCUT2D eigenvalue weighted by Crippen LogP contribution is 2.18. The minimum Gasteiger partial charge on any atom is -0.462 e. The van der Waals surface area contributed by atoms with E-state index < -0.39 is 6.10 Å². The summed E-state index contributed by atoms with van der Waals surface area (Å²) in [4.78, 5) is 38.0. The van der Waals surface area contributed by atoms with Crippen molar-refractivity contribution in [2.24, 2.45) is 0 Å². The summed E-state index contributed by atoms with van der Waals surface area (Å²) in [6.45, 7) is 6.49. The Kier molecular flexibility index (Phi) is 67.2. The minimum absolute atomic E-state index is 0.0720. The van der Waals surface area contributed by atoms with Crippen LogP contribution in [0.4, 0.5) is 0 Å². The molecule has 6 nitrogen and oxygen atoms in total. The number of esters is 3. The quantitative estimate of drug-likeness (QED) is 0.0261. The molecule has 0 fully saturated rings. The molecule has 0 aromatic carbocycles. The van der Waals surface area contributed by atoms with Crippen molar-refractivity contribution in [3.63, 3.8) is 0 Å². The highest BCUT2D eigenvalue weighted by atomic mass is 16.6. The summed E-state index contributed by atoms with van der Waals surface area (Å²) < 4.78 is 16.8. The molecule has 0 aliphatic carbocycles. The average molecular weight is 1140 g/mol. The lowest BCUT2D eigenvalue weighted by molar-refractivity contribution is -0.167. The zero-order chi connectivity index (χ0) is 59.2. The molecule has 0 bridgehead atoms. The van der Waals surface area contributed by atoms with Crippen LogP contribution in [0.5, 0.6) is 0 Å². The first-order valence-corrected chi connectivity index (χ1v) is 35.6. The van der Waals surface area contributed by atoms with Gasteiger partial charge in [0.1, 0.15) is 13.2 Å². The first-order valence-electron chi connectivity index (χ1n) is 35.6. The maximum atomic E-state index is 12.9. The van der Waals surface area contributed by atoms with Crippen molar-refractivity contribution in [3.05, 3.63) is 85.1 Å². The molecule has 6 heteroatoms. The van der Waals surface area contributed by atoms with Crippen molar-refractivity contribution in [1.82, 2.24) is 0 Å². The summed E-state index contributed by atoms with van der Waals surface area (Å²) in [5.74, 6) is -0.868. The van der Waals surface area contributed by atoms with Gasteiger partial charge in [-0.05, 0) is 77.0 Å². The number of carbonyl (C=O) groups is 3. The largest absolute Gasteiger partial charge is 0.462 e. The lowest BCUT2D eigenvalue weighted by Gasteiger charge is -2.18. The Morgan fingerprint density at radius 3 is 0.744 bits per heavy atom. The van der Waals surface area contributed by atoms with Crippen molar-refractivity contribution < 1.29 is 28.6 Å². The summed E-state index contributed by atoms with van der Waals surface area (Å²) in [6, 6.07) is 0. The van der Waals surface area contributed by atoms with Gasteiger partial charge >= 0.3 is 17.9 Å². The summed E-state index contributed by atoms with van der Waals surface area (Å²) in [6.07, 6.45) is 93.9. The van der Waals surface area contributed by atoms with Gasteiger partial charge in [0.2, 0.25) is 0 Å². The van der Waals surface area contributed by atoms with Crippen LogP contribution < -0.4 is 0 Å². The van der Waals surface area contributed by atoms with Crippen LogP contribution in [-0.2, 0) is 28.6 Å². The molecule has 0 amide bonds. The molecule has 0 aromatic heterocycles. The van der Waals surface area contributed by atoms with E-state index in [4.69, 9.17) is 14.2 Å². The summed E-state index contributed by atoms with van der Waals surface area (Å²) in [7, 11) is 0. The van der Waals surface area contributed by atoms with Crippen molar-refractivity contribution in [2.45, 2.75) is 367 Å². The fraction of sp³-hybridized carbons (Fsp3) is 0.776. The standard InChI is InChI=1S/C76H134O6/c1-4-7-10-13-15-17-19-21-23-25-27-29-31-33-34-35-36-37-38-39-40-41-42-43-45-46-48-50-52-54-56-58-60-63-66-69-75(78)81-72-73(71-80-74(77)68-65-62-12-9-6-3)82-76(79)70-67-64-61-59-57-55-53-51-49-47-44-32-30-28-26-24-22-20-18-16-14-11-8-5-2/h7,10,15,17,21,23,27,29,33-34,36-37,39-40,73H,4-6,8-9,11-14,16,18-20,22,24-26,28,30-32,35,38,41-72H2,1-3H3/b10-7-,17-15-,23-21-,29-27-,34-33-,37-36-,40-39-. The van der Waals surface area contributed by atoms with Gasteiger partial charge in [-0.1, -0.05) is 350 Å². The molecule has 474 valence electrons. The third-order valence-corrected chi connectivity index (χ3v) is 15.7. The monoisotopic (exact) mass is 1140 g/mol. The predicted molar refractivity (Wildman–Crippen MR) is 358 cm³/mol. The molecule has 0 rings (SSSR count). The Morgan fingerprint density at radius 1 is 0.256 bits per heavy atom. The van der Waals surface area contributed by atoms with Gasteiger partial charge in [-0.25, -0.2) is 0 Å². The lowest BCUT2D eigenvalue weighted by Crippen LogP contribution is -2.30. The van der Waals surface area contributed by atoms with Gasteiger partial charge in [-0.15, -0.1) is 0 Å². The van der Waals surface area contributed by atoms with E-state index in [2.05, 4.69) is 106 Å². The van der Waals surface area contributed by atoms with E-state index in [0.29, 0.717) is 19.3 Å². The number of carbonyl (C=O) groups excluding carboxylic acids is 3. The summed E-state index contributed by atoms with van der Waals surface area (Å²) in [5.41, 5.74) is 0. The second-order valence-corrected chi connectivity index (χ2v) is 23.8. The van der Waals surface area contributed by atoms with E-state index in [0.717, 1.165) is 109 Å². The second kappa shape index (κ2) is 70.1. The topological polar surface area (TPSA) is 78.9 Å². The molecule has 1 unspecified atom stereocenters. The Bertz CT molecular complexity index is 1550. The van der Waals surface area contributed by atoms with Crippen molar-refractivity contribution in [3.8, 4) is 0 Å². The van der Waals surface area contributed by atoms with Crippen LogP contribution >= 0.6 is 0 Å². The molecule has 0 aliphatic heterocycles. The highest BCUT2D eigenvalue weighted by molar-refractivity contribution is 5.71. The van der Waals surface area contributed by atoms with E-state index in [1.165, 1.54) is 212 Å². The van der Waals surface area contributed by atoms with Crippen LogP contribution in [0.2, 0.25) is 0 Å². The number of ether oxygens (including phenoxy) is 3. The maximum absolute atomic E-state index is 12.9. The molecule has 1 atom stereocenters. The molecule has 0 radical (unpaired) electrons. The van der Waals surface area contributed by atoms with Gasteiger partial charge in [-0.3, -0.25) is 14.4 Å². The predicted octanol–water partition coefficient (Wildman–Crippen LogP) is 24.6. The second-order valence-electron chi connectivity index (χ2n) is 23.8. The summed E-state index contributed by atoms with van der Waals surface area (Å²) >= 11 is 0. The van der Waals surface area contributed by atoms with Crippen LogP contribution in [0.15, 0.2) is 85.1 Å². The Balaban J connectivity index is 3.95. The van der Waals surface area contributed by atoms with E-state index in [1.54, 1.807) is 0 Å². The molecule has 0 aromatic rings. The first kappa shape index (κ1) is 78.6. The lowest BCUT2D eigenvalue weighted by atomic mass is 10.0. The zero-order valence-electron chi connectivity index (χ0n) is 54.5. The van der Waals surface area contributed by atoms with E-state index in [9.17, 15) is 14.4 Å². The molecule has 0 spiro atoms. The van der Waals surface area contributed by atoms with Crippen molar-refractivity contribution in [1.29, 1.82) is 0 Å². The number of allylic oxidation sites excluding steroid dienone is 14. The number of rotatable bonds is 65. The van der Waals surface area contributed by atoms with Gasteiger partial charge in [0.25, 0.3) is 0 Å². The molecule has 0 N–H and O–H groups in total. The van der Waals surface area contributed by atoms with Gasteiger partial charge in [0.15, 0.2) is 6.10 Å². The fourth-order valence-electron chi connectivity index (χ4n) is 10.4. The van der Waals surface area contributed by atoms with Gasteiger partial charge in [0.05, 0.1) is 0 Å². The molecular formula is C76H134O6. The van der Waals surface area contributed by atoms with Crippen LogP contribution in [-0.4, -0.2) is 37.2 Å². The van der Waals surface area contributed by atoms with Gasteiger partial charge < -0.3 is 14.2 Å². The Labute approximate surface area is 509 Å². The Hall–Kier alpha value is -3.41. The van der Waals surface area contributed by atoms with E-state index >= 15 is 0 Å². The molecule has 0 saturated heterocycles. The number of hydrogen-bond acceptors (Lipinski definition) is 6. The molecule has 0 saturated carbocycles. The van der Waals surface area contributed by atoms with Crippen molar-refractivity contribution in [2.75, 3.05) is 13.2 Å². The number of hydrogen-bond donors (Lipinski definition) is 0. The molecular weight excluding hydrogens is 1010 g/mol. The van der Waals surface area contributed by atoms with Crippen LogP contribution in [0, 0.1) is 0 Å². The van der Waals surface area contributed by atoms with Crippen LogP contribution in [0.25, 0.3) is 0 Å². The molecule has 0 aliphatic rings. The van der Waals surface area contributed by atoms with Crippen LogP contribution in [0.1, 0.15) is 361 Å².